The quantitative estimate of drug-likeness (QED) is 0.614. The maximum absolute atomic E-state index is 12.6. The van der Waals surface area contributed by atoms with Gasteiger partial charge in [0.15, 0.2) is 0 Å². The SMILES string of the molecule is CCOC(=O)CCc1cc(C(F)(F)F)cc(C(F)(F)F)c1. The third-order valence-electron chi connectivity index (χ3n) is 2.57. The molecule has 1 rings (SSSR count). The van der Waals surface area contributed by atoms with E-state index in [1.807, 2.05) is 0 Å². The molecule has 0 aliphatic carbocycles. The van der Waals surface area contributed by atoms with Crippen molar-refractivity contribution >= 4 is 5.97 Å². The molecule has 0 unspecified atom stereocenters. The fourth-order valence-electron chi connectivity index (χ4n) is 1.64. The lowest BCUT2D eigenvalue weighted by Gasteiger charge is -2.14. The summed E-state index contributed by atoms with van der Waals surface area (Å²) in [5.41, 5.74) is -3.00. The number of hydrogen-bond donors (Lipinski definition) is 0. The lowest BCUT2D eigenvalue weighted by atomic mass is 10.0. The van der Waals surface area contributed by atoms with Crippen LogP contribution in [-0.2, 0) is 28.3 Å². The predicted molar refractivity (Wildman–Crippen MR) is 61.4 cm³/mol. The van der Waals surface area contributed by atoms with Crippen molar-refractivity contribution in [3.05, 3.63) is 34.9 Å². The third kappa shape index (κ3) is 5.28. The summed E-state index contributed by atoms with van der Waals surface area (Å²) in [6.07, 6.45) is -10.3. The van der Waals surface area contributed by atoms with Crippen molar-refractivity contribution in [3.8, 4) is 0 Å². The first-order valence-electron chi connectivity index (χ1n) is 5.98. The Balaban J connectivity index is 3.06. The number of ether oxygens (including phenoxy) is 1. The molecule has 0 N–H and O–H groups in total. The molecule has 0 saturated heterocycles. The average Bonchev–Trinajstić information content (AvgIpc) is 2.34. The van der Waals surface area contributed by atoms with E-state index in [9.17, 15) is 31.1 Å². The maximum atomic E-state index is 12.6. The van der Waals surface area contributed by atoms with E-state index in [1.165, 1.54) is 0 Å². The number of benzene rings is 1. The Morgan fingerprint density at radius 2 is 1.48 bits per heavy atom. The minimum Gasteiger partial charge on any atom is -0.466 e. The van der Waals surface area contributed by atoms with Gasteiger partial charge in [0.2, 0.25) is 0 Å². The van der Waals surface area contributed by atoms with Crippen molar-refractivity contribution in [1.29, 1.82) is 0 Å². The Hall–Kier alpha value is -1.73. The second-order valence-electron chi connectivity index (χ2n) is 4.22. The lowest BCUT2D eigenvalue weighted by Crippen LogP contribution is -2.12. The Kier molecular flexibility index (Phi) is 5.25. The van der Waals surface area contributed by atoms with E-state index in [2.05, 4.69) is 4.74 Å². The summed E-state index contributed by atoms with van der Waals surface area (Å²) >= 11 is 0. The van der Waals surface area contributed by atoms with Crippen molar-refractivity contribution in [2.75, 3.05) is 6.61 Å². The van der Waals surface area contributed by atoms with Gasteiger partial charge >= 0.3 is 18.3 Å². The van der Waals surface area contributed by atoms with Crippen LogP contribution in [0, 0.1) is 0 Å². The van der Waals surface area contributed by atoms with Gasteiger partial charge in [0, 0.05) is 6.42 Å². The Morgan fingerprint density at radius 1 is 1.00 bits per heavy atom. The van der Waals surface area contributed by atoms with Crippen molar-refractivity contribution in [3.63, 3.8) is 0 Å². The molecule has 21 heavy (non-hydrogen) atoms. The molecule has 0 aliphatic heterocycles. The first kappa shape index (κ1) is 17.3. The summed E-state index contributed by atoms with van der Waals surface area (Å²) in [5, 5.41) is 0. The molecule has 8 heteroatoms. The van der Waals surface area contributed by atoms with Crippen molar-refractivity contribution in [2.45, 2.75) is 32.1 Å². The summed E-state index contributed by atoms with van der Waals surface area (Å²) in [4.78, 5) is 11.1. The molecule has 0 amide bonds. The molecule has 2 nitrogen and oxygen atoms in total. The second-order valence-corrected chi connectivity index (χ2v) is 4.22. The van der Waals surface area contributed by atoms with E-state index >= 15 is 0 Å². The highest BCUT2D eigenvalue weighted by Crippen LogP contribution is 2.36. The molecule has 0 aliphatic rings. The van der Waals surface area contributed by atoms with Gasteiger partial charge in [-0.3, -0.25) is 4.79 Å². The molecule has 0 radical (unpaired) electrons. The summed E-state index contributed by atoms with van der Waals surface area (Å²) in [5.74, 6) is -0.677. The second kappa shape index (κ2) is 6.36. The van der Waals surface area contributed by atoms with Crippen LogP contribution in [0.3, 0.4) is 0 Å². The highest BCUT2D eigenvalue weighted by Gasteiger charge is 2.36. The van der Waals surface area contributed by atoms with E-state index in [1.54, 1.807) is 6.92 Å². The topological polar surface area (TPSA) is 26.3 Å². The van der Waals surface area contributed by atoms with Gasteiger partial charge in [-0.05, 0) is 37.1 Å². The molecular weight excluding hydrogens is 302 g/mol. The number of hydrogen-bond acceptors (Lipinski definition) is 2. The number of alkyl halides is 6. The minimum absolute atomic E-state index is 0.0495. The van der Waals surface area contributed by atoms with Crippen LogP contribution in [0.4, 0.5) is 26.3 Å². The molecule has 0 aromatic heterocycles. The largest absolute Gasteiger partial charge is 0.466 e. The number of rotatable bonds is 4. The molecule has 0 atom stereocenters. The summed E-state index contributed by atoms with van der Waals surface area (Å²) in [6.45, 7) is 1.64. The Bertz CT molecular complexity index is 472. The normalized spacial score (nSPS) is 12.3. The minimum atomic E-state index is -4.89. The van der Waals surface area contributed by atoms with E-state index in [4.69, 9.17) is 0 Å². The highest BCUT2D eigenvalue weighted by molar-refractivity contribution is 5.69. The van der Waals surface area contributed by atoms with Crippen molar-refractivity contribution in [1.82, 2.24) is 0 Å². The highest BCUT2D eigenvalue weighted by atomic mass is 19.4. The van der Waals surface area contributed by atoms with Crippen LogP contribution in [0.15, 0.2) is 18.2 Å². The first-order chi connectivity index (χ1) is 9.54. The number of carbonyl (C=O) groups excluding carboxylic acids is 1. The molecule has 0 spiro atoms. The molecule has 0 bridgehead atoms. The van der Waals surface area contributed by atoms with Crippen LogP contribution in [0.25, 0.3) is 0 Å². The van der Waals surface area contributed by atoms with E-state index in [-0.39, 0.29) is 31.1 Å². The third-order valence-corrected chi connectivity index (χ3v) is 2.57. The van der Waals surface area contributed by atoms with Crippen LogP contribution in [-0.4, -0.2) is 12.6 Å². The summed E-state index contributed by atoms with van der Waals surface area (Å²) < 4.78 is 80.2. The molecule has 118 valence electrons. The van der Waals surface area contributed by atoms with Crippen LogP contribution < -0.4 is 0 Å². The fourth-order valence-corrected chi connectivity index (χ4v) is 1.64. The van der Waals surface area contributed by atoms with Crippen molar-refractivity contribution in [2.24, 2.45) is 0 Å². The first-order valence-corrected chi connectivity index (χ1v) is 5.98. The molecule has 0 fully saturated rings. The summed E-state index contributed by atoms with van der Waals surface area (Å²) in [7, 11) is 0. The van der Waals surface area contributed by atoms with Gasteiger partial charge in [-0.2, -0.15) is 26.3 Å². The Labute approximate surface area is 116 Å². The monoisotopic (exact) mass is 314 g/mol. The van der Waals surface area contributed by atoms with E-state index < -0.39 is 29.4 Å². The summed E-state index contributed by atoms with van der Waals surface area (Å²) in [6, 6.07) is 1.26. The number of halogens is 6. The fraction of sp³-hybridized carbons (Fsp3) is 0.462. The maximum Gasteiger partial charge on any atom is 0.416 e. The van der Waals surface area contributed by atoms with Gasteiger partial charge in [-0.25, -0.2) is 0 Å². The van der Waals surface area contributed by atoms with Gasteiger partial charge in [0.25, 0.3) is 0 Å². The van der Waals surface area contributed by atoms with Crippen LogP contribution in [0.5, 0.6) is 0 Å². The number of esters is 1. The van der Waals surface area contributed by atoms with Gasteiger partial charge < -0.3 is 4.74 Å². The van der Waals surface area contributed by atoms with Crippen molar-refractivity contribution < 1.29 is 35.9 Å². The lowest BCUT2D eigenvalue weighted by molar-refractivity contribution is -0.143. The zero-order valence-corrected chi connectivity index (χ0v) is 10.9. The van der Waals surface area contributed by atoms with Gasteiger partial charge in [0.1, 0.15) is 0 Å². The standard InChI is InChI=1S/C13H12F6O2/c1-2-21-11(20)4-3-8-5-9(12(14,15)16)7-10(6-8)13(17,18)19/h5-7H,2-4H2,1H3. The molecule has 0 heterocycles. The zero-order valence-electron chi connectivity index (χ0n) is 10.9. The molecule has 1 aromatic rings. The smallest absolute Gasteiger partial charge is 0.416 e. The number of carbonyl (C=O) groups is 1. The zero-order chi connectivity index (χ0) is 16.3. The van der Waals surface area contributed by atoms with Crippen LogP contribution in [0.1, 0.15) is 30.0 Å². The van der Waals surface area contributed by atoms with E-state index in [0.29, 0.717) is 12.1 Å². The van der Waals surface area contributed by atoms with Crippen LogP contribution in [0.2, 0.25) is 0 Å². The van der Waals surface area contributed by atoms with E-state index in [0.717, 1.165) is 0 Å². The van der Waals surface area contributed by atoms with Gasteiger partial charge in [-0.1, -0.05) is 0 Å². The Morgan fingerprint density at radius 3 is 1.86 bits per heavy atom. The predicted octanol–water partition coefficient (Wildman–Crippen LogP) is 4.22. The van der Waals surface area contributed by atoms with Crippen LogP contribution >= 0.6 is 0 Å². The molecule has 1 aromatic carbocycles. The van der Waals surface area contributed by atoms with Gasteiger partial charge in [0.05, 0.1) is 17.7 Å². The van der Waals surface area contributed by atoms with Gasteiger partial charge in [-0.15, -0.1) is 0 Å². The molecular formula is C13H12F6O2. The average molecular weight is 314 g/mol. The molecule has 0 saturated carbocycles. The number of aryl methyl sites for hydroxylation is 1.